The Balaban J connectivity index is 0. The second-order valence-electron chi connectivity index (χ2n) is 2.99. The van der Waals surface area contributed by atoms with Crippen LogP contribution in [-0.4, -0.2) is 21.7 Å². The minimum absolute atomic E-state index is 0. The smallest absolute Gasteiger partial charge is 1.00 e. The Hall–Kier alpha value is 0.726. The molecule has 0 N–H and O–H groups in total. The quantitative estimate of drug-likeness (QED) is 0.356. The summed E-state index contributed by atoms with van der Waals surface area (Å²) in [6, 6.07) is 0. The number of allylic oxidation sites excluding steroid dienone is 4. The Morgan fingerprint density at radius 1 is 1.00 bits per heavy atom. The van der Waals surface area contributed by atoms with E-state index < -0.39 is 0 Å². The van der Waals surface area contributed by atoms with Crippen molar-refractivity contribution in [3.63, 3.8) is 0 Å². The van der Waals surface area contributed by atoms with Gasteiger partial charge in [0.25, 0.3) is 0 Å². The van der Waals surface area contributed by atoms with Crippen LogP contribution in [0.2, 0.25) is 4.55 Å². The fourth-order valence-corrected chi connectivity index (χ4v) is 1.22. The van der Waals surface area contributed by atoms with Gasteiger partial charge in [0, 0.05) is 0 Å². The van der Waals surface area contributed by atoms with Crippen molar-refractivity contribution < 1.29 is 17.0 Å². The van der Waals surface area contributed by atoms with E-state index in [9.17, 15) is 0 Å². The molecular weight excluding hydrogens is 236 g/mol. The average Bonchev–Trinajstić information content (AvgIpc) is 2.10. The molecule has 0 spiro atoms. The van der Waals surface area contributed by atoms with Crippen molar-refractivity contribution in [3.05, 3.63) is 24.3 Å². The molecule has 0 rings (SSSR count). The minimum Gasteiger partial charge on any atom is -1.00 e. The Labute approximate surface area is 106 Å². The van der Waals surface area contributed by atoms with E-state index in [0.29, 0.717) is 0 Å². The predicted molar refractivity (Wildman–Crippen MR) is 57.6 cm³/mol. The molecule has 0 aromatic heterocycles. The van der Waals surface area contributed by atoms with Crippen LogP contribution in [0.25, 0.3) is 0 Å². The van der Waals surface area contributed by atoms with Crippen LogP contribution in [-0.2, 0) is 0 Å². The summed E-state index contributed by atoms with van der Waals surface area (Å²) in [6.07, 6.45) is 15.3. The third-order valence-corrected chi connectivity index (χ3v) is 2.23. The molecule has 0 saturated heterocycles. The third kappa shape index (κ3) is 15.5. The van der Waals surface area contributed by atoms with Gasteiger partial charge in [-0.05, 0) is 0 Å². The van der Waals surface area contributed by atoms with Gasteiger partial charge < -0.3 is 17.0 Å². The Morgan fingerprint density at radius 2 is 1.54 bits per heavy atom. The standard InChI is InChI=1S/C11H19.BrH.Mg/c1-3-5-7-9-11-10-8-6-4-2;;/h7,9-11H,1,3-6,8H2,2H3;1H;/q;;+1/p-1/b9-7-,11-10+;;. The third-order valence-electron chi connectivity index (χ3n) is 1.73. The van der Waals surface area contributed by atoms with Crippen molar-refractivity contribution in [1.82, 2.24) is 0 Å². The number of unbranched alkanes of at least 4 members (excludes halogenated alkanes) is 3. The van der Waals surface area contributed by atoms with Crippen molar-refractivity contribution >= 4 is 21.7 Å². The first-order valence-electron chi connectivity index (χ1n) is 5.02. The van der Waals surface area contributed by atoms with E-state index in [1.807, 2.05) is 0 Å². The Morgan fingerprint density at radius 3 is 2.00 bits per heavy atom. The van der Waals surface area contributed by atoms with Crippen LogP contribution in [0.15, 0.2) is 24.3 Å². The first-order valence-corrected chi connectivity index (χ1v) is 6.02. The molecular formula is C11H19BrMg. The molecule has 2 heteroatoms. The zero-order chi connectivity index (χ0) is 9.07. The average molecular weight is 255 g/mol. The molecule has 0 atom stereocenters. The van der Waals surface area contributed by atoms with Crippen LogP contribution in [0.4, 0.5) is 0 Å². The van der Waals surface area contributed by atoms with E-state index >= 15 is 0 Å². The van der Waals surface area contributed by atoms with E-state index in [1.165, 1.54) is 36.7 Å². The van der Waals surface area contributed by atoms with Gasteiger partial charge in [0.15, 0.2) is 0 Å². The minimum atomic E-state index is 0. The maximum absolute atomic E-state index is 2.26. The summed E-state index contributed by atoms with van der Waals surface area (Å²) in [5.74, 6) is 0. The summed E-state index contributed by atoms with van der Waals surface area (Å²) >= 11 is 2.05. The van der Waals surface area contributed by atoms with Crippen molar-refractivity contribution in [2.24, 2.45) is 0 Å². The molecule has 0 unspecified atom stereocenters. The van der Waals surface area contributed by atoms with Crippen molar-refractivity contribution in [1.29, 1.82) is 0 Å². The first kappa shape index (κ1) is 16.2. The molecule has 0 saturated carbocycles. The fourth-order valence-electron chi connectivity index (χ4n) is 0.934. The number of halogens is 1. The summed E-state index contributed by atoms with van der Waals surface area (Å²) in [4.78, 5) is 0. The maximum Gasteiger partial charge on any atom is -1.00 e. The van der Waals surface area contributed by atoms with Gasteiger partial charge in [-0.15, -0.1) is 0 Å². The van der Waals surface area contributed by atoms with E-state index in [2.05, 4.69) is 52.9 Å². The molecule has 0 bridgehead atoms. The fraction of sp³-hybridized carbons (Fsp3) is 0.636. The van der Waals surface area contributed by atoms with Gasteiger partial charge in [-0.2, -0.15) is 0 Å². The molecule has 0 aliphatic rings. The summed E-state index contributed by atoms with van der Waals surface area (Å²) < 4.78 is 1.32. The largest absolute Gasteiger partial charge is 1.00 e. The van der Waals surface area contributed by atoms with E-state index in [0.717, 1.165) is 0 Å². The number of hydrogen-bond acceptors (Lipinski definition) is 0. The molecule has 0 aliphatic heterocycles. The normalized spacial score (nSPS) is 11.0. The first-order chi connectivity index (χ1) is 5.91. The molecule has 0 aliphatic carbocycles. The van der Waals surface area contributed by atoms with E-state index in [1.54, 1.807) is 0 Å². The van der Waals surface area contributed by atoms with Gasteiger partial charge >= 0.3 is 89.6 Å². The Bertz CT molecular complexity index is 114. The van der Waals surface area contributed by atoms with Gasteiger partial charge in [-0.25, -0.2) is 0 Å². The zero-order valence-corrected chi connectivity index (χ0v) is 11.6. The SMILES string of the molecule is CCCC/C=C/C=C\CC[CH2][Mg+].[Br-]. The van der Waals surface area contributed by atoms with Crippen LogP contribution >= 0.6 is 0 Å². The molecule has 0 aromatic carbocycles. The monoisotopic (exact) mass is 254 g/mol. The van der Waals surface area contributed by atoms with E-state index in [-0.39, 0.29) is 17.0 Å². The summed E-state index contributed by atoms with van der Waals surface area (Å²) in [5.41, 5.74) is 0. The topological polar surface area (TPSA) is 0 Å². The van der Waals surface area contributed by atoms with Gasteiger partial charge in [0.2, 0.25) is 0 Å². The van der Waals surface area contributed by atoms with Crippen LogP contribution in [0.3, 0.4) is 0 Å². The van der Waals surface area contributed by atoms with Crippen LogP contribution in [0.1, 0.15) is 39.0 Å². The van der Waals surface area contributed by atoms with Gasteiger partial charge in [-0.1, -0.05) is 0 Å². The molecule has 13 heavy (non-hydrogen) atoms. The molecule has 72 valence electrons. The second kappa shape index (κ2) is 15.2. The molecule has 0 nitrogen and oxygen atoms in total. The number of rotatable bonds is 7. The van der Waals surface area contributed by atoms with Gasteiger partial charge in [-0.3, -0.25) is 0 Å². The number of hydrogen-bond donors (Lipinski definition) is 0. The molecule has 0 fully saturated rings. The predicted octanol–water partition coefficient (Wildman–Crippen LogP) is 0.660. The van der Waals surface area contributed by atoms with Crippen LogP contribution < -0.4 is 17.0 Å². The second-order valence-corrected chi connectivity index (χ2v) is 3.70. The molecule has 0 aromatic rings. The van der Waals surface area contributed by atoms with Gasteiger partial charge in [0.1, 0.15) is 0 Å². The molecule has 0 heterocycles. The van der Waals surface area contributed by atoms with Crippen LogP contribution in [0.5, 0.6) is 0 Å². The van der Waals surface area contributed by atoms with Crippen molar-refractivity contribution in [2.75, 3.05) is 0 Å². The summed E-state index contributed by atoms with van der Waals surface area (Å²) in [5, 5.41) is 0. The van der Waals surface area contributed by atoms with Gasteiger partial charge in [0.05, 0.1) is 0 Å². The van der Waals surface area contributed by atoms with Crippen molar-refractivity contribution in [2.45, 2.75) is 43.6 Å². The van der Waals surface area contributed by atoms with E-state index in [4.69, 9.17) is 0 Å². The van der Waals surface area contributed by atoms with Crippen LogP contribution in [0, 0.1) is 0 Å². The summed E-state index contributed by atoms with van der Waals surface area (Å²) in [6.45, 7) is 2.23. The molecule has 0 amide bonds. The zero-order valence-electron chi connectivity index (χ0n) is 8.64. The molecule has 0 radical (unpaired) electrons. The van der Waals surface area contributed by atoms with Crippen molar-refractivity contribution in [3.8, 4) is 0 Å². The summed E-state index contributed by atoms with van der Waals surface area (Å²) in [7, 11) is 0. The Kier molecular flexibility index (Phi) is 18.9. The maximum atomic E-state index is 2.26.